The van der Waals surface area contributed by atoms with Crippen LogP contribution in [0.15, 0.2) is 18.3 Å². The van der Waals surface area contributed by atoms with Crippen molar-refractivity contribution in [2.75, 3.05) is 5.32 Å². The first kappa shape index (κ1) is 24.7. The predicted octanol–water partition coefficient (Wildman–Crippen LogP) is 5.24. The third kappa shape index (κ3) is 4.05. The zero-order valence-corrected chi connectivity index (χ0v) is 13.5. The molecule has 16 heteroatoms. The minimum absolute atomic E-state index is 0.168. The lowest BCUT2D eigenvalue weighted by Crippen LogP contribution is -2.68. The maximum Gasteiger partial charge on any atom is 0.433 e. The molecule has 0 aliphatic rings. The van der Waals surface area contributed by atoms with Gasteiger partial charge >= 0.3 is 41.7 Å². The molecule has 1 N–H and O–H groups in total. The summed E-state index contributed by atoms with van der Waals surface area (Å²) < 4.78 is 169. The van der Waals surface area contributed by atoms with E-state index < -0.39 is 60.0 Å². The molecule has 1 amide bonds. The molecule has 1 aromatic heterocycles. The molecule has 0 spiro atoms. The molecule has 166 valence electrons. The summed E-state index contributed by atoms with van der Waals surface area (Å²) >= 11 is 0. The molecular formula is C13H7F13N2O. The van der Waals surface area contributed by atoms with Gasteiger partial charge in [-0.2, -0.15) is 57.1 Å². The van der Waals surface area contributed by atoms with Gasteiger partial charge in [0.1, 0.15) is 5.69 Å². The van der Waals surface area contributed by atoms with Crippen LogP contribution in [0.25, 0.3) is 0 Å². The number of alkyl halides is 13. The standard InChI is InChI=1S/C13H7F13N2O/c1-8(14,15)11(21,22)13(25,26)12(23,24)9(16,17)7(29)28-5-2-3-27-6(4-5)10(18,19)20/h2-4H,1H3,(H,27,28,29). The van der Waals surface area contributed by atoms with Crippen molar-refractivity contribution in [1.82, 2.24) is 4.98 Å². The molecular weight excluding hydrogens is 447 g/mol. The number of amides is 1. The van der Waals surface area contributed by atoms with Gasteiger partial charge in [0.2, 0.25) is 0 Å². The summed E-state index contributed by atoms with van der Waals surface area (Å²) in [4.78, 5) is 14.0. The van der Waals surface area contributed by atoms with Crippen molar-refractivity contribution in [3.8, 4) is 0 Å². The number of carbonyl (C=O) groups is 1. The number of halogens is 13. The fourth-order valence-corrected chi connectivity index (χ4v) is 1.69. The van der Waals surface area contributed by atoms with Crippen molar-refractivity contribution in [3.05, 3.63) is 24.0 Å². The number of anilines is 1. The van der Waals surface area contributed by atoms with Crippen molar-refractivity contribution >= 4 is 11.6 Å². The minimum Gasteiger partial charge on any atom is -0.321 e. The Bertz CT molecular complexity index is 767. The monoisotopic (exact) mass is 454 g/mol. The van der Waals surface area contributed by atoms with Gasteiger partial charge in [-0.05, 0) is 12.1 Å². The quantitative estimate of drug-likeness (QED) is 0.598. The van der Waals surface area contributed by atoms with E-state index in [4.69, 9.17) is 0 Å². The highest BCUT2D eigenvalue weighted by Crippen LogP contribution is 2.57. The van der Waals surface area contributed by atoms with E-state index >= 15 is 0 Å². The van der Waals surface area contributed by atoms with Crippen LogP contribution in [0.3, 0.4) is 0 Å². The van der Waals surface area contributed by atoms with Crippen LogP contribution in [0, 0.1) is 0 Å². The molecule has 29 heavy (non-hydrogen) atoms. The van der Waals surface area contributed by atoms with Gasteiger partial charge in [-0.25, -0.2) is 0 Å². The second-order valence-electron chi connectivity index (χ2n) is 5.57. The maximum atomic E-state index is 13.6. The van der Waals surface area contributed by atoms with Crippen LogP contribution in [0.5, 0.6) is 0 Å². The van der Waals surface area contributed by atoms with E-state index in [0.717, 1.165) is 0 Å². The van der Waals surface area contributed by atoms with Gasteiger partial charge in [0.15, 0.2) is 0 Å². The maximum absolute atomic E-state index is 13.6. The van der Waals surface area contributed by atoms with E-state index in [-0.39, 0.29) is 12.3 Å². The van der Waals surface area contributed by atoms with Crippen LogP contribution in [0.4, 0.5) is 62.8 Å². The van der Waals surface area contributed by atoms with Crippen LogP contribution >= 0.6 is 0 Å². The molecule has 0 unspecified atom stereocenters. The van der Waals surface area contributed by atoms with Gasteiger partial charge in [-0.3, -0.25) is 9.78 Å². The van der Waals surface area contributed by atoms with E-state index in [1.54, 1.807) is 0 Å². The summed E-state index contributed by atoms with van der Waals surface area (Å²) in [7, 11) is 0. The first-order valence-electron chi connectivity index (χ1n) is 6.84. The largest absolute Gasteiger partial charge is 0.433 e. The summed E-state index contributed by atoms with van der Waals surface area (Å²) in [6, 6.07) is 0.174. The Hall–Kier alpha value is -2.29. The number of hydrogen-bond acceptors (Lipinski definition) is 2. The first-order chi connectivity index (χ1) is 12.6. The van der Waals surface area contributed by atoms with Crippen LogP contribution < -0.4 is 5.32 Å². The molecule has 0 saturated heterocycles. The van der Waals surface area contributed by atoms with Crippen LogP contribution in [-0.2, 0) is 11.0 Å². The van der Waals surface area contributed by atoms with Gasteiger partial charge in [0.25, 0.3) is 0 Å². The van der Waals surface area contributed by atoms with E-state index in [9.17, 15) is 61.9 Å². The van der Waals surface area contributed by atoms with Crippen LogP contribution in [0.1, 0.15) is 12.6 Å². The average molecular weight is 454 g/mol. The molecule has 1 aromatic rings. The lowest BCUT2D eigenvalue weighted by atomic mass is 9.94. The zero-order chi connectivity index (χ0) is 23.3. The minimum atomic E-state index is -7.45. The number of nitrogens with one attached hydrogen (secondary N) is 1. The van der Waals surface area contributed by atoms with Crippen LogP contribution in [0.2, 0.25) is 0 Å². The zero-order valence-electron chi connectivity index (χ0n) is 13.5. The summed E-state index contributed by atoms with van der Waals surface area (Å²) in [5.74, 6) is -38.0. The van der Waals surface area contributed by atoms with E-state index in [1.165, 1.54) is 0 Å². The second kappa shape index (κ2) is 6.90. The summed E-state index contributed by atoms with van der Waals surface area (Å²) in [6.45, 7) is -0.954. The van der Waals surface area contributed by atoms with Gasteiger partial charge in [-0.1, -0.05) is 0 Å². The first-order valence-corrected chi connectivity index (χ1v) is 6.84. The van der Waals surface area contributed by atoms with Gasteiger partial charge in [-0.15, -0.1) is 0 Å². The third-order valence-electron chi connectivity index (χ3n) is 3.33. The van der Waals surface area contributed by atoms with E-state index in [1.807, 2.05) is 0 Å². The third-order valence-corrected chi connectivity index (χ3v) is 3.33. The predicted molar refractivity (Wildman–Crippen MR) is 68.3 cm³/mol. The Morgan fingerprint density at radius 3 is 1.72 bits per heavy atom. The second-order valence-corrected chi connectivity index (χ2v) is 5.57. The smallest absolute Gasteiger partial charge is 0.321 e. The number of rotatable bonds is 6. The molecule has 0 aliphatic carbocycles. The Morgan fingerprint density at radius 1 is 0.828 bits per heavy atom. The number of hydrogen-bond donors (Lipinski definition) is 1. The van der Waals surface area contributed by atoms with Gasteiger partial charge < -0.3 is 5.32 Å². The molecule has 0 aromatic carbocycles. The number of pyridine rings is 1. The van der Waals surface area contributed by atoms with Crippen molar-refractivity contribution in [2.24, 2.45) is 0 Å². The fourth-order valence-electron chi connectivity index (χ4n) is 1.69. The number of carbonyl (C=O) groups excluding carboxylic acids is 1. The van der Waals surface area contributed by atoms with Gasteiger partial charge in [0, 0.05) is 18.8 Å². The molecule has 0 saturated carbocycles. The molecule has 0 radical (unpaired) electrons. The topological polar surface area (TPSA) is 42.0 Å². The SMILES string of the molecule is CC(F)(F)C(F)(F)C(F)(F)C(F)(F)C(F)(F)C(=O)Nc1ccnc(C(F)(F)F)c1. The summed E-state index contributed by atoms with van der Waals surface area (Å²) in [5, 5.41) is 0.688. The highest BCUT2D eigenvalue weighted by Gasteiger charge is 2.86. The summed E-state index contributed by atoms with van der Waals surface area (Å²) in [6.07, 6.45) is -4.94. The molecule has 0 bridgehead atoms. The Morgan fingerprint density at radius 2 is 1.31 bits per heavy atom. The highest BCUT2D eigenvalue weighted by atomic mass is 19.4. The lowest BCUT2D eigenvalue weighted by molar-refractivity contribution is -0.391. The average Bonchev–Trinajstić information content (AvgIpc) is 2.52. The van der Waals surface area contributed by atoms with Crippen molar-refractivity contribution < 1.29 is 61.9 Å². The Balaban J connectivity index is 3.31. The number of nitrogens with zero attached hydrogens (tertiary/aromatic N) is 1. The molecule has 1 rings (SSSR count). The Kier molecular flexibility index (Phi) is 5.89. The molecule has 0 atom stereocenters. The van der Waals surface area contributed by atoms with Crippen molar-refractivity contribution in [1.29, 1.82) is 0 Å². The molecule has 1 heterocycles. The Labute approximate surface area is 151 Å². The molecule has 3 nitrogen and oxygen atoms in total. The van der Waals surface area contributed by atoms with E-state index in [2.05, 4.69) is 4.98 Å². The molecule has 0 fully saturated rings. The van der Waals surface area contributed by atoms with Crippen molar-refractivity contribution in [2.45, 2.75) is 42.7 Å². The van der Waals surface area contributed by atoms with Gasteiger partial charge in [0.05, 0.1) is 0 Å². The molecule has 0 aliphatic heterocycles. The normalized spacial score (nSPS) is 14.7. The summed E-state index contributed by atoms with van der Waals surface area (Å²) in [5.41, 5.74) is -3.13. The number of aromatic nitrogens is 1. The van der Waals surface area contributed by atoms with E-state index in [0.29, 0.717) is 11.4 Å². The fraction of sp³-hybridized carbons (Fsp3) is 0.538. The van der Waals surface area contributed by atoms with Crippen molar-refractivity contribution in [3.63, 3.8) is 0 Å². The lowest BCUT2D eigenvalue weighted by Gasteiger charge is -2.37. The van der Waals surface area contributed by atoms with Crippen LogP contribution in [-0.4, -0.2) is 40.5 Å². The highest BCUT2D eigenvalue weighted by molar-refractivity contribution is 5.97.